The summed E-state index contributed by atoms with van der Waals surface area (Å²) in [5, 5.41) is 2.65. The molecule has 0 saturated carbocycles. The van der Waals surface area contributed by atoms with Crippen molar-refractivity contribution in [2.24, 2.45) is 0 Å². The van der Waals surface area contributed by atoms with Gasteiger partial charge in [-0.2, -0.15) is 0 Å². The molecule has 1 amide bonds. The first-order chi connectivity index (χ1) is 8.40. The molecule has 0 fully saturated rings. The van der Waals surface area contributed by atoms with Gasteiger partial charge in [-0.25, -0.2) is 8.42 Å². The second-order valence-corrected chi connectivity index (χ2v) is 6.12. The van der Waals surface area contributed by atoms with Gasteiger partial charge in [0.05, 0.1) is 17.6 Å². The minimum atomic E-state index is -3.87. The molecule has 5 nitrogen and oxygen atoms in total. The van der Waals surface area contributed by atoms with Crippen LogP contribution in [0.5, 0.6) is 5.75 Å². The van der Waals surface area contributed by atoms with Crippen LogP contribution in [0.1, 0.15) is 23.7 Å². The molecule has 0 atom stereocenters. The van der Waals surface area contributed by atoms with Crippen LogP contribution in [0.3, 0.4) is 0 Å². The molecule has 0 aromatic heterocycles. The van der Waals surface area contributed by atoms with Gasteiger partial charge in [0.2, 0.25) is 0 Å². The maximum atomic E-state index is 11.8. The van der Waals surface area contributed by atoms with Crippen molar-refractivity contribution in [2.45, 2.75) is 18.2 Å². The highest BCUT2D eigenvalue weighted by atomic mass is 35.7. The fourth-order valence-corrected chi connectivity index (χ4v) is 2.13. The largest absolute Gasteiger partial charge is 0.496 e. The number of carbonyl (C=O) groups is 1. The summed E-state index contributed by atoms with van der Waals surface area (Å²) >= 11 is 0. The molecule has 1 rings (SSSR count). The van der Waals surface area contributed by atoms with Gasteiger partial charge in [-0.15, -0.1) is 0 Å². The van der Waals surface area contributed by atoms with Crippen molar-refractivity contribution in [3.8, 4) is 5.75 Å². The molecule has 18 heavy (non-hydrogen) atoms. The fourth-order valence-electron chi connectivity index (χ4n) is 1.35. The van der Waals surface area contributed by atoms with Crippen LogP contribution in [0.15, 0.2) is 23.1 Å². The molecule has 100 valence electrons. The Morgan fingerprint density at radius 2 is 2.11 bits per heavy atom. The van der Waals surface area contributed by atoms with E-state index in [2.05, 4.69) is 5.32 Å². The monoisotopic (exact) mass is 291 g/mol. The first-order valence-corrected chi connectivity index (χ1v) is 7.62. The van der Waals surface area contributed by atoms with Crippen molar-refractivity contribution < 1.29 is 17.9 Å². The Morgan fingerprint density at radius 3 is 2.61 bits per heavy atom. The second kappa shape index (κ2) is 6.06. The molecule has 0 aliphatic rings. The third-order valence-corrected chi connectivity index (χ3v) is 3.58. The number of hydrogen-bond donors (Lipinski definition) is 1. The molecule has 1 aromatic rings. The first kappa shape index (κ1) is 14.8. The zero-order valence-electron chi connectivity index (χ0n) is 10.1. The van der Waals surface area contributed by atoms with Gasteiger partial charge in [-0.05, 0) is 24.6 Å². The topological polar surface area (TPSA) is 72.5 Å². The third-order valence-electron chi connectivity index (χ3n) is 2.23. The zero-order valence-corrected chi connectivity index (χ0v) is 11.6. The van der Waals surface area contributed by atoms with Gasteiger partial charge < -0.3 is 10.1 Å². The van der Waals surface area contributed by atoms with Gasteiger partial charge in [0.15, 0.2) is 0 Å². The summed E-state index contributed by atoms with van der Waals surface area (Å²) in [6.07, 6.45) is 0.779. The zero-order chi connectivity index (χ0) is 13.8. The molecule has 0 spiro atoms. The van der Waals surface area contributed by atoms with Crippen LogP contribution in [-0.4, -0.2) is 28.0 Å². The Balaban J connectivity index is 3.18. The number of nitrogens with one attached hydrogen (secondary N) is 1. The molecule has 1 N–H and O–H groups in total. The minimum Gasteiger partial charge on any atom is -0.496 e. The van der Waals surface area contributed by atoms with E-state index in [0.29, 0.717) is 12.3 Å². The highest BCUT2D eigenvalue weighted by Crippen LogP contribution is 2.24. The Bertz CT molecular complexity index is 542. The molecule has 1 aromatic carbocycles. The van der Waals surface area contributed by atoms with Crippen LogP contribution in [-0.2, 0) is 9.05 Å². The van der Waals surface area contributed by atoms with Gasteiger partial charge in [-0.1, -0.05) is 6.92 Å². The minimum absolute atomic E-state index is 0.133. The summed E-state index contributed by atoms with van der Waals surface area (Å²) in [6.45, 7) is 2.41. The van der Waals surface area contributed by atoms with E-state index in [9.17, 15) is 13.2 Å². The number of carbonyl (C=O) groups excluding carboxylic acids is 1. The molecular weight excluding hydrogens is 278 g/mol. The van der Waals surface area contributed by atoms with Crippen LogP contribution in [0.25, 0.3) is 0 Å². The summed E-state index contributed by atoms with van der Waals surface area (Å²) in [7, 11) is 2.77. The van der Waals surface area contributed by atoms with Crippen molar-refractivity contribution in [3.63, 3.8) is 0 Å². The molecule has 0 saturated heterocycles. The highest BCUT2D eigenvalue weighted by molar-refractivity contribution is 8.13. The molecule has 0 aliphatic heterocycles. The number of halogens is 1. The van der Waals surface area contributed by atoms with E-state index >= 15 is 0 Å². The fraction of sp³-hybridized carbons (Fsp3) is 0.364. The van der Waals surface area contributed by atoms with E-state index in [1.54, 1.807) is 0 Å². The molecule has 0 bridgehead atoms. The molecular formula is C11H14ClNO4S. The van der Waals surface area contributed by atoms with Gasteiger partial charge in [0.1, 0.15) is 5.75 Å². The van der Waals surface area contributed by atoms with E-state index in [1.807, 2.05) is 6.92 Å². The van der Waals surface area contributed by atoms with E-state index in [4.69, 9.17) is 15.4 Å². The van der Waals surface area contributed by atoms with E-state index in [0.717, 1.165) is 6.42 Å². The molecule has 0 heterocycles. The number of methoxy groups -OCH3 is 1. The van der Waals surface area contributed by atoms with Gasteiger partial charge in [-0.3, -0.25) is 4.79 Å². The van der Waals surface area contributed by atoms with Crippen molar-refractivity contribution in [1.82, 2.24) is 5.32 Å². The average Bonchev–Trinajstić information content (AvgIpc) is 2.34. The summed E-state index contributed by atoms with van der Waals surface area (Å²) in [5.74, 6) is -0.0939. The summed E-state index contributed by atoms with van der Waals surface area (Å²) in [6, 6.07) is 3.89. The van der Waals surface area contributed by atoms with Crippen molar-refractivity contribution in [1.29, 1.82) is 0 Å². The van der Waals surface area contributed by atoms with Crippen LogP contribution >= 0.6 is 10.7 Å². The lowest BCUT2D eigenvalue weighted by Gasteiger charge is -2.09. The number of rotatable bonds is 5. The van der Waals surface area contributed by atoms with Crippen molar-refractivity contribution in [2.75, 3.05) is 13.7 Å². The lowest BCUT2D eigenvalue weighted by atomic mass is 10.2. The Kier molecular flexibility index (Phi) is 4.98. The molecule has 0 radical (unpaired) electrons. The lowest BCUT2D eigenvalue weighted by Crippen LogP contribution is -2.24. The maximum Gasteiger partial charge on any atom is 0.261 e. The first-order valence-electron chi connectivity index (χ1n) is 5.31. The predicted molar refractivity (Wildman–Crippen MR) is 68.7 cm³/mol. The number of hydrogen-bond acceptors (Lipinski definition) is 4. The van der Waals surface area contributed by atoms with E-state index in [1.165, 1.54) is 25.3 Å². The average molecular weight is 292 g/mol. The van der Waals surface area contributed by atoms with Gasteiger partial charge in [0, 0.05) is 17.2 Å². The second-order valence-electron chi connectivity index (χ2n) is 3.56. The maximum absolute atomic E-state index is 11.8. The van der Waals surface area contributed by atoms with Crippen molar-refractivity contribution >= 4 is 25.6 Å². The third kappa shape index (κ3) is 3.61. The van der Waals surface area contributed by atoms with E-state index < -0.39 is 15.0 Å². The Hall–Kier alpha value is -1.27. The normalized spacial score (nSPS) is 11.1. The van der Waals surface area contributed by atoms with Gasteiger partial charge >= 0.3 is 0 Å². The quantitative estimate of drug-likeness (QED) is 0.839. The van der Waals surface area contributed by atoms with Gasteiger partial charge in [0.25, 0.3) is 15.0 Å². The molecule has 7 heteroatoms. The summed E-state index contributed by atoms with van der Waals surface area (Å²) in [5.41, 5.74) is 0.146. The molecule has 0 aliphatic carbocycles. The number of benzene rings is 1. The van der Waals surface area contributed by atoms with Crippen LogP contribution < -0.4 is 10.1 Å². The predicted octanol–water partition coefficient (Wildman–Crippen LogP) is 1.76. The van der Waals surface area contributed by atoms with Crippen molar-refractivity contribution in [3.05, 3.63) is 23.8 Å². The molecule has 0 unspecified atom stereocenters. The highest BCUT2D eigenvalue weighted by Gasteiger charge is 2.17. The smallest absolute Gasteiger partial charge is 0.261 e. The van der Waals surface area contributed by atoms with Crippen LogP contribution in [0.2, 0.25) is 0 Å². The van der Waals surface area contributed by atoms with Crippen LogP contribution in [0, 0.1) is 0 Å². The van der Waals surface area contributed by atoms with E-state index in [-0.39, 0.29) is 10.5 Å². The summed E-state index contributed by atoms with van der Waals surface area (Å²) in [4.78, 5) is 11.7. The number of ether oxygens (including phenoxy) is 1. The Labute approximate surface area is 111 Å². The SMILES string of the molecule is CCCNC(=O)c1cc(S(=O)(=O)Cl)ccc1OC. The van der Waals surface area contributed by atoms with Crippen LogP contribution in [0.4, 0.5) is 0 Å². The lowest BCUT2D eigenvalue weighted by molar-refractivity contribution is 0.0950. The summed E-state index contributed by atoms with van der Waals surface area (Å²) < 4.78 is 27.4. The Morgan fingerprint density at radius 1 is 1.44 bits per heavy atom. The standard InChI is InChI=1S/C11H14ClNO4S/c1-3-6-13-11(14)9-7-8(18(12,15)16)4-5-10(9)17-2/h4-5,7H,3,6H2,1-2H3,(H,13,14). The number of amides is 1.